The third-order valence-corrected chi connectivity index (χ3v) is 6.15. The van der Waals surface area contributed by atoms with E-state index in [4.69, 9.17) is 11.6 Å². The molecule has 1 aliphatic carbocycles. The van der Waals surface area contributed by atoms with Crippen LogP contribution in [0.15, 0.2) is 18.2 Å². The number of hydrogen-bond acceptors (Lipinski definition) is 2. The van der Waals surface area contributed by atoms with Crippen molar-refractivity contribution in [3.05, 3.63) is 34.3 Å². The molecule has 0 N–H and O–H groups in total. The van der Waals surface area contributed by atoms with Crippen LogP contribution in [0.25, 0.3) is 0 Å². The van der Waals surface area contributed by atoms with E-state index in [1.807, 2.05) is 28.0 Å². The minimum absolute atomic E-state index is 0.134. The molecule has 1 saturated heterocycles. The van der Waals surface area contributed by atoms with Crippen LogP contribution in [0, 0.1) is 5.92 Å². The zero-order chi connectivity index (χ0) is 16.7. The Kier molecular flexibility index (Phi) is 4.25. The van der Waals surface area contributed by atoms with Gasteiger partial charge in [0.25, 0.3) is 0 Å². The molecule has 2 amide bonds. The Hall–Kier alpha value is -1.55. The Morgan fingerprint density at radius 3 is 2.79 bits per heavy atom. The van der Waals surface area contributed by atoms with Crippen molar-refractivity contribution < 1.29 is 9.59 Å². The molecule has 0 radical (unpaired) electrons. The summed E-state index contributed by atoms with van der Waals surface area (Å²) in [6, 6.07) is 6.27. The van der Waals surface area contributed by atoms with E-state index in [2.05, 4.69) is 0 Å². The quantitative estimate of drug-likeness (QED) is 0.826. The van der Waals surface area contributed by atoms with E-state index >= 15 is 0 Å². The molecular weight excluding hydrogens is 324 g/mol. The van der Waals surface area contributed by atoms with Gasteiger partial charge >= 0.3 is 0 Å². The molecule has 0 unspecified atom stereocenters. The van der Waals surface area contributed by atoms with Crippen LogP contribution < -0.4 is 0 Å². The van der Waals surface area contributed by atoms with Crippen molar-refractivity contribution in [3.8, 4) is 0 Å². The van der Waals surface area contributed by atoms with Crippen LogP contribution in [0.5, 0.6) is 0 Å². The summed E-state index contributed by atoms with van der Waals surface area (Å²) in [6.45, 7) is 1.92. The second-order valence-corrected chi connectivity index (χ2v) is 7.68. The van der Waals surface area contributed by atoms with Crippen molar-refractivity contribution in [1.29, 1.82) is 0 Å². The number of carbonyl (C=O) groups excluding carboxylic acids is 2. The van der Waals surface area contributed by atoms with Crippen molar-refractivity contribution in [2.24, 2.45) is 5.92 Å². The van der Waals surface area contributed by atoms with Gasteiger partial charge in [0.05, 0.1) is 5.92 Å². The predicted octanol–water partition coefficient (Wildman–Crippen LogP) is 3.02. The fraction of sp³-hybridized carbons (Fsp3) is 0.579. The fourth-order valence-electron chi connectivity index (χ4n) is 4.48. The number of fused-ring (bicyclic) bond motifs is 1. The lowest BCUT2D eigenvalue weighted by molar-refractivity contribution is -0.136. The molecule has 0 aromatic heterocycles. The van der Waals surface area contributed by atoms with Gasteiger partial charge in [-0.15, -0.1) is 0 Å². The van der Waals surface area contributed by atoms with Crippen LogP contribution in [-0.2, 0) is 22.6 Å². The lowest BCUT2D eigenvalue weighted by Gasteiger charge is -2.31. The van der Waals surface area contributed by atoms with Gasteiger partial charge in [0.15, 0.2) is 0 Å². The molecule has 2 fully saturated rings. The van der Waals surface area contributed by atoms with Gasteiger partial charge in [0.2, 0.25) is 11.8 Å². The maximum Gasteiger partial charge on any atom is 0.228 e. The van der Waals surface area contributed by atoms with Crippen molar-refractivity contribution in [1.82, 2.24) is 9.80 Å². The topological polar surface area (TPSA) is 40.6 Å². The summed E-state index contributed by atoms with van der Waals surface area (Å²) in [5, 5.41) is 0.794. The Bertz CT molecular complexity index is 669. The highest BCUT2D eigenvalue weighted by Crippen LogP contribution is 2.32. The number of benzene rings is 1. The molecule has 3 aliphatic rings. The normalized spacial score (nSPS) is 24.5. The number of rotatable bonds is 2. The largest absolute Gasteiger partial charge is 0.339 e. The van der Waals surface area contributed by atoms with Gasteiger partial charge in [-0.25, -0.2) is 0 Å². The molecule has 1 saturated carbocycles. The predicted molar refractivity (Wildman–Crippen MR) is 92.6 cm³/mol. The van der Waals surface area contributed by atoms with Crippen molar-refractivity contribution in [2.75, 3.05) is 13.1 Å². The van der Waals surface area contributed by atoms with Gasteiger partial charge in [-0.1, -0.05) is 36.6 Å². The maximum atomic E-state index is 12.9. The van der Waals surface area contributed by atoms with Crippen molar-refractivity contribution in [3.63, 3.8) is 0 Å². The summed E-state index contributed by atoms with van der Waals surface area (Å²) in [4.78, 5) is 29.1. The summed E-state index contributed by atoms with van der Waals surface area (Å²) in [7, 11) is 0. The number of likely N-dealkylation sites (tertiary alicyclic amines) is 1. The first-order valence-electron chi connectivity index (χ1n) is 8.98. The molecule has 2 heterocycles. The number of carbonyl (C=O) groups is 2. The molecule has 2 aliphatic heterocycles. The van der Waals surface area contributed by atoms with E-state index in [-0.39, 0.29) is 17.7 Å². The molecule has 0 bridgehead atoms. The van der Waals surface area contributed by atoms with Crippen LogP contribution in [0.2, 0.25) is 5.02 Å². The first kappa shape index (κ1) is 15.9. The zero-order valence-corrected chi connectivity index (χ0v) is 14.6. The molecule has 4 rings (SSSR count). The van der Waals surface area contributed by atoms with Gasteiger partial charge in [-0.05, 0) is 36.5 Å². The minimum atomic E-state index is -0.168. The Labute approximate surface area is 147 Å². The summed E-state index contributed by atoms with van der Waals surface area (Å²) < 4.78 is 0. The summed E-state index contributed by atoms with van der Waals surface area (Å²) in [5.74, 6) is 0.133. The van der Waals surface area contributed by atoms with E-state index in [1.165, 1.54) is 18.4 Å². The standard InChI is InChI=1S/C19H23ClN2O2/c20-17-7-3-4-13-11-21(9-8-16(13)17)19(24)14-10-18(23)22(12-14)15-5-1-2-6-15/h3-4,7,14-15H,1-2,5-6,8-12H2/t14-/m0/s1. The minimum Gasteiger partial charge on any atom is -0.339 e. The van der Waals surface area contributed by atoms with E-state index in [0.29, 0.717) is 32.1 Å². The first-order chi connectivity index (χ1) is 11.6. The SMILES string of the molecule is O=C([C@H]1CC(=O)N(C2CCCC2)C1)N1CCc2c(Cl)cccc2C1. The summed E-state index contributed by atoms with van der Waals surface area (Å²) >= 11 is 6.25. The van der Waals surface area contributed by atoms with Crippen LogP contribution in [-0.4, -0.2) is 40.7 Å². The van der Waals surface area contributed by atoms with Gasteiger partial charge in [0, 0.05) is 37.1 Å². The lowest BCUT2D eigenvalue weighted by atomic mass is 9.98. The summed E-state index contributed by atoms with van der Waals surface area (Å²) in [5.41, 5.74) is 2.30. The van der Waals surface area contributed by atoms with E-state index in [9.17, 15) is 9.59 Å². The Morgan fingerprint density at radius 2 is 2.00 bits per heavy atom. The Morgan fingerprint density at radius 1 is 1.21 bits per heavy atom. The molecule has 1 aromatic rings. The number of amides is 2. The number of hydrogen-bond donors (Lipinski definition) is 0. The van der Waals surface area contributed by atoms with Gasteiger partial charge in [0.1, 0.15) is 0 Å². The second-order valence-electron chi connectivity index (χ2n) is 7.27. The second kappa shape index (κ2) is 6.40. The van der Waals surface area contributed by atoms with E-state index in [0.717, 1.165) is 29.8 Å². The summed E-state index contributed by atoms with van der Waals surface area (Å²) in [6.07, 6.45) is 5.79. The van der Waals surface area contributed by atoms with Gasteiger partial charge < -0.3 is 9.80 Å². The van der Waals surface area contributed by atoms with Crippen LogP contribution >= 0.6 is 11.6 Å². The third kappa shape index (κ3) is 2.81. The molecule has 0 spiro atoms. The highest BCUT2D eigenvalue weighted by Gasteiger charge is 2.40. The monoisotopic (exact) mass is 346 g/mol. The average Bonchev–Trinajstić information content (AvgIpc) is 3.23. The highest BCUT2D eigenvalue weighted by atomic mass is 35.5. The third-order valence-electron chi connectivity index (χ3n) is 5.79. The van der Waals surface area contributed by atoms with E-state index < -0.39 is 0 Å². The van der Waals surface area contributed by atoms with Gasteiger partial charge in [-0.3, -0.25) is 9.59 Å². The smallest absolute Gasteiger partial charge is 0.228 e. The van der Waals surface area contributed by atoms with Gasteiger partial charge in [-0.2, -0.15) is 0 Å². The van der Waals surface area contributed by atoms with Crippen molar-refractivity contribution >= 4 is 23.4 Å². The Balaban J connectivity index is 1.44. The van der Waals surface area contributed by atoms with Crippen LogP contribution in [0.3, 0.4) is 0 Å². The molecular formula is C19H23ClN2O2. The van der Waals surface area contributed by atoms with Crippen LogP contribution in [0.4, 0.5) is 0 Å². The zero-order valence-electron chi connectivity index (χ0n) is 13.8. The molecule has 24 heavy (non-hydrogen) atoms. The van der Waals surface area contributed by atoms with Crippen molar-refractivity contribution in [2.45, 2.75) is 51.1 Å². The molecule has 1 aromatic carbocycles. The molecule has 128 valence electrons. The highest BCUT2D eigenvalue weighted by molar-refractivity contribution is 6.31. The first-order valence-corrected chi connectivity index (χ1v) is 9.36. The lowest BCUT2D eigenvalue weighted by Crippen LogP contribution is -2.41. The maximum absolute atomic E-state index is 12.9. The molecule has 5 heteroatoms. The molecule has 4 nitrogen and oxygen atoms in total. The number of nitrogens with zero attached hydrogens (tertiary/aromatic N) is 2. The molecule has 1 atom stereocenters. The fourth-order valence-corrected chi connectivity index (χ4v) is 4.76. The van der Waals surface area contributed by atoms with Crippen LogP contribution in [0.1, 0.15) is 43.2 Å². The average molecular weight is 347 g/mol. The number of halogens is 1. The van der Waals surface area contributed by atoms with E-state index in [1.54, 1.807) is 0 Å².